The van der Waals surface area contributed by atoms with Gasteiger partial charge in [0.1, 0.15) is 6.61 Å². The fraction of sp³-hybridized carbons (Fsp3) is 0.435. The van der Waals surface area contributed by atoms with Crippen LogP contribution in [0, 0.1) is 0 Å². The lowest BCUT2D eigenvalue weighted by atomic mass is 10.00. The smallest absolute Gasteiger partial charge is 0.367 e. The summed E-state index contributed by atoms with van der Waals surface area (Å²) in [6, 6.07) is 15.9. The molecule has 1 aliphatic heterocycles. The average Bonchev–Trinajstić information content (AvgIpc) is 2.76. The lowest BCUT2D eigenvalue weighted by Crippen LogP contribution is -2.42. The van der Waals surface area contributed by atoms with Gasteiger partial charge in [-0.25, -0.2) is 0 Å². The SMILES string of the molecule is CN=C(NCCN1CCc2ccccc2C1)NCc1ccc(COCC(F)(F)F)cc1. The molecule has 0 aromatic heterocycles. The summed E-state index contributed by atoms with van der Waals surface area (Å²) in [4.78, 5) is 6.68. The Labute approximate surface area is 181 Å². The number of ether oxygens (including phenoxy) is 1. The van der Waals surface area contributed by atoms with Crippen molar-refractivity contribution in [3.63, 3.8) is 0 Å². The number of benzene rings is 2. The molecule has 5 nitrogen and oxygen atoms in total. The molecule has 168 valence electrons. The van der Waals surface area contributed by atoms with Crippen LogP contribution in [0.3, 0.4) is 0 Å². The molecule has 31 heavy (non-hydrogen) atoms. The Balaban J connectivity index is 1.36. The summed E-state index contributed by atoms with van der Waals surface area (Å²) in [6.07, 6.45) is -3.22. The fourth-order valence-electron chi connectivity index (χ4n) is 3.52. The van der Waals surface area contributed by atoms with E-state index in [2.05, 4.69) is 49.5 Å². The normalized spacial score (nSPS) is 14.9. The maximum absolute atomic E-state index is 12.1. The molecule has 0 saturated carbocycles. The van der Waals surface area contributed by atoms with Gasteiger partial charge in [0, 0.05) is 39.8 Å². The standard InChI is InChI=1S/C23H29F3N4O/c1-27-22(28-11-13-30-12-10-20-4-2-3-5-21(20)15-30)29-14-18-6-8-19(9-7-18)16-31-17-23(24,25)26/h2-9H,10-17H2,1H3,(H2,27,28,29). The monoisotopic (exact) mass is 434 g/mol. The molecule has 0 aliphatic carbocycles. The maximum Gasteiger partial charge on any atom is 0.411 e. The number of aliphatic imine (C=N–C) groups is 1. The Morgan fingerprint density at radius 3 is 2.45 bits per heavy atom. The Kier molecular flexibility index (Phi) is 8.31. The van der Waals surface area contributed by atoms with Gasteiger partial charge in [0.25, 0.3) is 0 Å². The minimum atomic E-state index is -4.30. The topological polar surface area (TPSA) is 48.9 Å². The zero-order valence-corrected chi connectivity index (χ0v) is 17.7. The van der Waals surface area contributed by atoms with E-state index in [-0.39, 0.29) is 6.61 Å². The van der Waals surface area contributed by atoms with Crippen molar-refractivity contribution in [3.05, 3.63) is 70.8 Å². The van der Waals surface area contributed by atoms with Crippen molar-refractivity contribution in [1.82, 2.24) is 15.5 Å². The molecule has 1 heterocycles. The first-order valence-corrected chi connectivity index (χ1v) is 10.4. The van der Waals surface area contributed by atoms with E-state index in [1.54, 1.807) is 19.2 Å². The van der Waals surface area contributed by atoms with E-state index in [0.29, 0.717) is 12.1 Å². The van der Waals surface area contributed by atoms with E-state index in [1.165, 1.54) is 11.1 Å². The van der Waals surface area contributed by atoms with E-state index in [9.17, 15) is 13.2 Å². The van der Waals surface area contributed by atoms with Crippen molar-refractivity contribution in [2.24, 2.45) is 4.99 Å². The average molecular weight is 435 g/mol. The predicted molar refractivity (Wildman–Crippen MR) is 116 cm³/mol. The fourth-order valence-corrected chi connectivity index (χ4v) is 3.52. The highest BCUT2D eigenvalue weighted by Gasteiger charge is 2.27. The van der Waals surface area contributed by atoms with Crippen LogP contribution in [0.15, 0.2) is 53.5 Å². The van der Waals surface area contributed by atoms with Gasteiger partial charge in [-0.2, -0.15) is 13.2 Å². The van der Waals surface area contributed by atoms with Crippen molar-refractivity contribution in [2.75, 3.05) is 33.3 Å². The van der Waals surface area contributed by atoms with Crippen LogP contribution in [0.25, 0.3) is 0 Å². The largest absolute Gasteiger partial charge is 0.411 e. The first-order valence-electron chi connectivity index (χ1n) is 10.4. The third-order valence-corrected chi connectivity index (χ3v) is 5.17. The van der Waals surface area contributed by atoms with Crippen molar-refractivity contribution >= 4 is 5.96 Å². The summed E-state index contributed by atoms with van der Waals surface area (Å²) in [5, 5.41) is 6.60. The quantitative estimate of drug-likeness (QED) is 0.493. The van der Waals surface area contributed by atoms with E-state index in [1.807, 2.05) is 12.1 Å². The number of hydrogen-bond acceptors (Lipinski definition) is 3. The minimum absolute atomic E-state index is 0.0581. The van der Waals surface area contributed by atoms with Gasteiger partial charge in [-0.15, -0.1) is 0 Å². The summed E-state index contributed by atoms with van der Waals surface area (Å²) < 4.78 is 41.1. The summed E-state index contributed by atoms with van der Waals surface area (Å²) in [5.74, 6) is 0.718. The van der Waals surface area contributed by atoms with Gasteiger partial charge in [0.15, 0.2) is 5.96 Å². The van der Waals surface area contributed by atoms with Gasteiger partial charge in [0.2, 0.25) is 0 Å². The summed E-state index contributed by atoms with van der Waals surface area (Å²) >= 11 is 0. The van der Waals surface area contributed by atoms with E-state index >= 15 is 0 Å². The van der Waals surface area contributed by atoms with Crippen LogP contribution in [-0.4, -0.2) is 50.3 Å². The summed E-state index contributed by atoms with van der Waals surface area (Å²) in [6.45, 7) is 3.03. The number of guanidine groups is 1. The molecule has 0 bridgehead atoms. The maximum atomic E-state index is 12.1. The molecule has 2 aromatic rings. The molecule has 8 heteroatoms. The first-order chi connectivity index (χ1) is 14.9. The Hall–Kier alpha value is -2.58. The molecule has 3 rings (SSSR count). The van der Waals surface area contributed by atoms with Crippen LogP contribution >= 0.6 is 0 Å². The Morgan fingerprint density at radius 2 is 1.74 bits per heavy atom. The van der Waals surface area contributed by atoms with Crippen LogP contribution in [0.4, 0.5) is 13.2 Å². The highest BCUT2D eigenvalue weighted by atomic mass is 19.4. The zero-order chi connectivity index (χ0) is 22.1. The summed E-state index contributed by atoms with van der Waals surface area (Å²) in [5.41, 5.74) is 4.57. The van der Waals surface area contributed by atoms with Crippen molar-refractivity contribution in [3.8, 4) is 0 Å². The molecule has 0 amide bonds. The number of nitrogens with zero attached hydrogens (tertiary/aromatic N) is 2. The van der Waals surface area contributed by atoms with Gasteiger partial charge >= 0.3 is 6.18 Å². The molecule has 0 fully saturated rings. The molecule has 2 aromatic carbocycles. The molecule has 0 atom stereocenters. The van der Waals surface area contributed by atoms with E-state index in [0.717, 1.165) is 44.1 Å². The van der Waals surface area contributed by atoms with E-state index in [4.69, 9.17) is 0 Å². The van der Waals surface area contributed by atoms with Gasteiger partial charge in [-0.3, -0.25) is 9.89 Å². The second-order valence-electron chi connectivity index (χ2n) is 7.57. The molecule has 0 unspecified atom stereocenters. The number of fused-ring (bicyclic) bond motifs is 1. The predicted octanol–water partition coefficient (Wildman–Crippen LogP) is 3.49. The van der Waals surface area contributed by atoms with Crippen LogP contribution in [0.2, 0.25) is 0 Å². The van der Waals surface area contributed by atoms with Crippen LogP contribution in [0.5, 0.6) is 0 Å². The molecule has 2 N–H and O–H groups in total. The third-order valence-electron chi connectivity index (χ3n) is 5.17. The van der Waals surface area contributed by atoms with Gasteiger partial charge in [0.05, 0.1) is 6.61 Å². The van der Waals surface area contributed by atoms with Gasteiger partial charge in [-0.1, -0.05) is 48.5 Å². The highest BCUT2D eigenvalue weighted by Crippen LogP contribution is 2.18. The number of alkyl halides is 3. The van der Waals surface area contributed by atoms with E-state index < -0.39 is 12.8 Å². The molecule has 0 spiro atoms. The molecular formula is C23H29F3N4O. The lowest BCUT2D eigenvalue weighted by molar-refractivity contribution is -0.176. The van der Waals surface area contributed by atoms with Crippen LogP contribution in [-0.2, 0) is 30.9 Å². The number of rotatable bonds is 8. The van der Waals surface area contributed by atoms with Crippen LogP contribution < -0.4 is 10.6 Å². The second kappa shape index (κ2) is 11.2. The second-order valence-corrected chi connectivity index (χ2v) is 7.57. The van der Waals surface area contributed by atoms with Gasteiger partial charge < -0.3 is 15.4 Å². The third kappa shape index (κ3) is 7.88. The van der Waals surface area contributed by atoms with Crippen LogP contribution in [0.1, 0.15) is 22.3 Å². The zero-order valence-electron chi connectivity index (χ0n) is 17.7. The van der Waals surface area contributed by atoms with Crippen molar-refractivity contribution in [1.29, 1.82) is 0 Å². The molecule has 0 saturated heterocycles. The molecule has 1 aliphatic rings. The van der Waals surface area contributed by atoms with Gasteiger partial charge in [-0.05, 0) is 28.7 Å². The number of halogens is 3. The Morgan fingerprint density at radius 1 is 1.03 bits per heavy atom. The Bertz CT molecular complexity index is 853. The lowest BCUT2D eigenvalue weighted by Gasteiger charge is -2.28. The molecule has 0 radical (unpaired) electrons. The summed E-state index contributed by atoms with van der Waals surface area (Å²) in [7, 11) is 1.73. The number of nitrogens with one attached hydrogen (secondary N) is 2. The van der Waals surface area contributed by atoms with Crippen molar-refractivity contribution in [2.45, 2.75) is 32.3 Å². The minimum Gasteiger partial charge on any atom is -0.367 e. The highest BCUT2D eigenvalue weighted by molar-refractivity contribution is 5.79. The molecular weight excluding hydrogens is 405 g/mol. The van der Waals surface area contributed by atoms with Crippen molar-refractivity contribution < 1.29 is 17.9 Å². The number of hydrogen-bond donors (Lipinski definition) is 2. The first kappa shape index (κ1) is 23.1.